The minimum Gasteiger partial charge on any atom is -0.444 e. The predicted octanol–water partition coefficient (Wildman–Crippen LogP) is 4.24. The number of amides is 1. The molecule has 1 aromatic carbocycles. The van der Waals surface area contributed by atoms with Crippen molar-refractivity contribution < 1.29 is 13.9 Å². The average Bonchev–Trinajstić information content (AvgIpc) is 3.04. The summed E-state index contributed by atoms with van der Waals surface area (Å²) in [6, 6.07) is 3.56. The van der Waals surface area contributed by atoms with Crippen molar-refractivity contribution >= 4 is 22.0 Å². The highest BCUT2D eigenvalue weighted by Gasteiger charge is 2.31. The van der Waals surface area contributed by atoms with E-state index in [0.717, 1.165) is 10.2 Å². The topological polar surface area (TPSA) is 47.4 Å². The van der Waals surface area contributed by atoms with Crippen molar-refractivity contribution in [3.8, 4) is 11.4 Å². The molecule has 7 heteroatoms. The third-order valence-electron chi connectivity index (χ3n) is 3.87. The Kier molecular flexibility index (Phi) is 4.15. The smallest absolute Gasteiger partial charge is 0.410 e. The molecule has 0 saturated heterocycles. The van der Waals surface area contributed by atoms with E-state index in [1.165, 1.54) is 4.90 Å². The zero-order chi connectivity index (χ0) is 17.6. The summed E-state index contributed by atoms with van der Waals surface area (Å²) in [5.74, 6) is 0.206. The van der Waals surface area contributed by atoms with Gasteiger partial charge in [-0.3, -0.25) is 4.90 Å². The number of imidazole rings is 1. The molecule has 0 bridgehead atoms. The lowest BCUT2D eigenvalue weighted by Crippen LogP contribution is -2.33. The number of carbonyl (C=O) groups is 1. The highest BCUT2D eigenvalue weighted by atomic mass is 79.9. The van der Waals surface area contributed by atoms with Crippen molar-refractivity contribution in [1.82, 2.24) is 14.5 Å². The van der Waals surface area contributed by atoms with Crippen molar-refractivity contribution in [2.45, 2.75) is 39.5 Å². The molecular weight excluding hydrogens is 377 g/mol. The van der Waals surface area contributed by atoms with E-state index in [1.807, 2.05) is 33.9 Å². The summed E-state index contributed by atoms with van der Waals surface area (Å²) >= 11 is 3.37. The number of carbonyl (C=O) groups excluding carboxylic acids is 1. The number of halogens is 2. The molecule has 1 aromatic heterocycles. The van der Waals surface area contributed by atoms with E-state index >= 15 is 0 Å². The van der Waals surface area contributed by atoms with Gasteiger partial charge in [0, 0.05) is 19.2 Å². The third-order valence-corrected chi connectivity index (χ3v) is 4.61. The molecule has 2 heterocycles. The van der Waals surface area contributed by atoms with Gasteiger partial charge in [-0.25, -0.2) is 14.2 Å². The molecule has 24 heavy (non-hydrogen) atoms. The van der Waals surface area contributed by atoms with Crippen molar-refractivity contribution in [2.24, 2.45) is 7.05 Å². The van der Waals surface area contributed by atoms with Gasteiger partial charge >= 0.3 is 6.09 Å². The summed E-state index contributed by atoms with van der Waals surface area (Å²) in [6.07, 6.45) is 1.20. The number of rotatable bonds is 1. The monoisotopic (exact) mass is 395 g/mol. The Morgan fingerprint density at radius 2 is 2.04 bits per heavy atom. The molecule has 3 rings (SSSR count). The third kappa shape index (κ3) is 3.05. The Morgan fingerprint density at radius 3 is 2.62 bits per heavy atom. The van der Waals surface area contributed by atoms with Crippen molar-refractivity contribution in [2.75, 3.05) is 0 Å². The van der Waals surface area contributed by atoms with Gasteiger partial charge in [-0.2, -0.15) is 0 Å². The van der Waals surface area contributed by atoms with Crippen LogP contribution >= 0.6 is 15.9 Å². The van der Waals surface area contributed by atoms with E-state index in [1.54, 1.807) is 16.8 Å². The zero-order valence-electron chi connectivity index (χ0n) is 14.1. The summed E-state index contributed by atoms with van der Waals surface area (Å²) in [5, 5.41) is 0. The zero-order valence-corrected chi connectivity index (χ0v) is 15.6. The van der Waals surface area contributed by atoms with Crippen molar-refractivity contribution in [3.05, 3.63) is 39.9 Å². The molecule has 0 radical (unpaired) electrons. The van der Waals surface area contributed by atoms with E-state index in [0.29, 0.717) is 23.5 Å². The van der Waals surface area contributed by atoms with Crippen LogP contribution in [0.2, 0.25) is 0 Å². The minimum atomic E-state index is -0.575. The van der Waals surface area contributed by atoms with E-state index in [-0.39, 0.29) is 12.4 Å². The maximum absolute atomic E-state index is 15.0. The van der Waals surface area contributed by atoms with E-state index in [4.69, 9.17) is 4.74 Å². The van der Waals surface area contributed by atoms with E-state index < -0.39 is 11.7 Å². The van der Waals surface area contributed by atoms with Crippen LogP contribution in [-0.2, 0) is 24.9 Å². The Labute approximate surface area is 148 Å². The fourth-order valence-electron chi connectivity index (χ4n) is 2.70. The van der Waals surface area contributed by atoms with Gasteiger partial charge < -0.3 is 9.30 Å². The number of nitrogens with zero attached hydrogens (tertiary/aromatic N) is 3. The van der Waals surface area contributed by atoms with Crippen LogP contribution in [0.3, 0.4) is 0 Å². The fraction of sp³-hybridized carbons (Fsp3) is 0.412. The number of fused-ring (bicyclic) bond motifs is 1. The van der Waals surface area contributed by atoms with Crippen LogP contribution < -0.4 is 0 Å². The van der Waals surface area contributed by atoms with E-state index in [9.17, 15) is 9.18 Å². The van der Waals surface area contributed by atoms with Crippen LogP contribution in [0.1, 0.15) is 31.9 Å². The molecule has 0 fully saturated rings. The van der Waals surface area contributed by atoms with Gasteiger partial charge in [-0.15, -0.1) is 0 Å². The van der Waals surface area contributed by atoms with E-state index in [2.05, 4.69) is 20.9 Å². The molecule has 1 amide bonds. The second kappa shape index (κ2) is 5.88. The summed E-state index contributed by atoms with van der Waals surface area (Å²) in [4.78, 5) is 18.0. The molecule has 0 atom stereocenters. The van der Waals surface area contributed by atoms with Crippen LogP contribution in [-0.4, -0.2) is 26.1 Å². The van der Waals surface area contributed by atoms with Crippen molar-refractivity contribution in [3.63, 3.8) is 0 Å². The summed E-state index contributed by atoms with van der Waals surface area (Å²) in [7, 11) is 1.81. The van der Waals surface area contributed by atoms with Crippen LogP contribution in [0, 0.1) is 5.82 Å². The first-order valence-electron chi connectivity index (χ1n) is 7.63. The molecule has 128 valence electrons. The quantitative estimate of drug-likeness (QED) is 0.725. The molecule has 0 spiro atoms. The van der Waals surface area contributed by atoms with Gasteiger partial charge in [-0.05, 0) is 48.3 Å². The molecule has 5 nitrogen and oxygen atoms in total. The summed E-state index contributed by atoms with van der Waals surface area (Å²) < 4.78 is 22.9. The molecule has 0 N–H and O–H groups in total. The van der Waals surface area contributed by atoms with Crippen LogP contribution in [0.5, 0.6) is 0 Å². The normalized spacial score (nSPS) is 14.0. The van der Waals surface area contributed by atoms with Gasteiger partial charge in [-0.1, -0.05) is 6.07 Å². The first kappa shape index (κ1) is 17.0. The highest BCUT2D eigenvalue weighted by Crippen LogP contribution is 2.33. The molecule has 0 aliphatic carbocycles. The van der Waals surface area contributed by atoms with Crippen molar-refractivity contribution in [1.29, 1.82) is 0 Å². The van der Waals surface area contributed by atoms with Gasteiger partial charge in [0.2, 0.25) is 0 Å². The second-order valence-corrected chi connectivity index (χ2v) is 7.68. The number of hydrogen-bond acceptors (Lipinski definition) is 3. The van der Waals surface area contributed by atoms with Gasteiger partial charge in [0.05, 0.1) is 18.3 Å². The van der Waals surface area contributed by atoms with Gasteiger partial charge in [0.15, 0.2) is 0 Å². The number of aromatic nitrogens is 2. The SMILES string of the molecule is Cn1c(Br)cnc1-c1ccc2c(c1F)CN(C(=O)OC(C)(C)C)C2. The predicted molar refractivity (Wildman–Crippen MR) is 91.8 cm³/mol. The number of ether oxygens (including phenoxy) is 1. The van der Waals surface area contributed by atoms with Gasteiger partial charge in [0.25, 0.3) is 0 Å². The van der Waals surface area contributed by atoms with Gasteiger partial charge in [0.1, 0.15) is 21.8 Å². The average molecular weight is 396 g/mol. The lowest BCUT2D eigenvalue weighted by molar-refractivity contribution is 0.0241. The molecule has 1 aliphatic rings. The Bertz CT molecular complexity index is 811. The molecule has 2 aromatic rings. The molecule has 0 saturated carbocycles. The lowest BCUT2D eigenvalue weighted by Gasteiger charge is -2.24. The summed E-state index contributed by atoms with van der Waals surface area (Å²) in [6.45, 7) is 5.99. The molecular formula is C17H19BrFN3O2. The maximum Gasteiger partial charge on any atom is 0.410 e. The fourth-order valence-corrected chi connectivity index (χ4v) is 2.97. The molecule has 0 unspecified atom stereocenters. The first-order valence-corrected chi connectivity index (χ1v) is 8.42. The Morgan fingerprint density at radius 1 is 1.33 bits per heavy atom. The number of hydrogen-bond donors (Lipinski definition) is 0. The Balaban J connectivity index is 1.90. The van der Waals surface area contributed by atoms with Crippen LogP contribution in [0.4, 0.5) is 9.18 Å². The minimum absolute atomic E-state index is 0.204. The summed E-state index contributed by atoms with van der Waals surface area (Å²) in [5.41, 5.74) is 1.18. The number of benzene rings is 1. The lowest BCUT2D eigenvalue weighted by atomic mass is 10.0. The molecule has 1 aliphatic heterocycles. The second-order valence-electron chi connectivity index (χ2n) is 6.86. The standard InChI is InChI=1S/C17H19BrFN3O2/c1-17(2,3)24-16(23)22-8-10-5-6-11(14(19)12(10)9-22)15-20-7-13(18)21(15)4/h5-7H,8-9H2,1-4H3. The highest BCUT2D eigenvalue weighted by molar-refractivity contribution is 9.10. The largest absolute Gasteiger partial charge is 0.444 e. The van der Waals surface area contributed by atoms with Crippen LogP contribution in [0.15, 0.2) is 22.9 Å². The maximum atomic E-state index is 15.0. The Hall–Kier alpha value is -1.89. The van der Waals surface area contributed by atoms with Crippen LogP contribution in [0.25, 0.3) is 11.4 Å². The first-order chi connectivity index (χ1) is 11.2.